The molecule has 0 N–H and O–H groups in total. The average molecular weight is 368 g/mol. The average Bonchev–Trinajstić information content (AvgIpc) is 2.84. The van der Waals surface area contributed by atoms with Gasteiger partial charge in [-0.2, -0.15) is 0 Å². The van der Waals surface area contributed by atoms with Crippen molar-refractivity contribution in [2.45, 2.75) is 66.7 Å². The van der Waals surface area contributed by atoms with E-state index in [0.29, 0.717) is 15.8 Å². The van der Waals surface area contributed by atoms with E-state index in [-0.39, 0.29) is 18.3 Å². The van der Waals surface area contributed by atoms with Gasteiger partial charge in [0.25, 0.3) is 0 Å². The van der Waals surface area contributed by atoms with E-state index in [4.69, 9.17) is 9.47 Å². The molecule has 2 rings (SSSR count). The van der Waals surface area contributed by atoms with Gasteiger partial charge in [0.05, 0.1) is 24.4 Å². The molecule has 0 spiro atoms. The molecule has 2 heterocycles. The Morgan fingerprint density at radius 1 is 1.12 bits per heavy atom. The first-order valence-corrected chi connectivity index (χ1v) is 8.18. The molecule has 0 unspecified atom stereocenters. The van der Waals surface area contributed by atoms with E-state index < -0.39 is 0 Å². The molecule has 0 aromatic carbocycles. The summed E-state index contributed by atoms with van der Waals surface area (Å²) < 4.78 is 12.1. The molecule has 2 aliphatic heterocycles. The third-order valence-electron chi connectivity index (χ3n) is 3.64. The minimum atomic E-state index is 0.237. The first kappa shape index (κ1) is 14.0. The highest BCUT2D eigenvalue weighted by Gasteiger charge is 2.43. The van der Waals surface area contributed by atoms with Crippen molar-refractivity contribution in [2.75, 3.05) is 0 Å². The molecule has 0 saturated carbocycles. The summed E-state index contributed by atoms with van der Waals surface area (Å²) in [7, 11) is 0. The predicted octanol–water partition coefficient (Wildman–Crippen LogP) is 3.81. The van der Waals surface area contributed by atoms with Crippen molar-refractivity contribution in [3.05, 3.63) is 12.7 Å². The second-order valence-electron chi connectivity index (χ2n) is 4.86. The van der Waals surface area contributed by atoms with Gasteiger partial charge in [-0.1, -0.05) is 44.9 Å². The topological polar surface area (TPSA) is 18.5 Å². The predicted molar refractivity (Wildman–Crippen MR) is 77.1 cm³/mol. The summed E-state index contributed by atoms with van der Waals surface area (Å²) >= 11 is 7.41. The zero-order valence-corrected chi connectivity index (χ0v) is 13.3. The second-order valence-corrected chi connectivity index (χ2v) is 7.21. The molecule has 0 aromatic heterocycles. The van der Waals surface area contributed by atoms with Crippen LogP contribution in [0.2, 0.25) is 0 Å². The zero-order chi connectivity index (χ0) is 12.4. The summed E-state index contributed by atoms with van der Waals surface area (Å²) in [5.41, 5.74) is 0. The normalized spacial score (nSPS) is 46.3. The van der Waals surface area contributed by atoms with E-state index >= 15 is 0 Å². The van der Waals surface area contributed by atoms with Gasteiger partial charge in [0.15, 0.2) is 0 Å². The fourth-order valence-electron chi connectivity index (χ4n) is 2.68. The highest BCUT2D eigenvalue weighted by atomic mass is 79.9. The minimum absolute atomic E-state index is 0.237. The summed E-state index contributed by atoms with van der Waals surface area (Å²) in [4.78, 5) is 0.914. The molecule has 17 heavy (non-hydrogen) atoms. The molecule has 0 radical (unpaired) electrons. The van der Waals surface area contributed by atoms with Gasteiger partial charge >= 0.3 is 0 Å². The van der Waals surface area contributed by atoms with Crippen LogP contribution in [0.3, 0.4) is 0 Å². The fraction of sp³-hybridized carbons (Fsp3) is 0.846. The molecular weight excluding hydrogens is 348 g/mol. The summed E-state index contributed by atoms with van der Waals surface area (Å²) in [6.45, 7) is 5.95. The maximum Gasteiger partial charge on any atom is 0.0853 e. The van der Waals surface area contributed by atoms with Crippen molar-refractivity contribution < 1.29 is 9.47 Å². The standard InChI is InChI=1S/C13H20Br2O2/c1-3-5-11-9(15)7-13(17-11)12-6-8(14)10(4-2)16-12/h3,8-13H,1,4-7H2,2H3/t8-,9+,10+,11-,12+,13-/m0/s1. The van der Waals surface area contributed by atoms with Crippen LogP contribution in [0.1, 0.15) is 32.6 Å². The van der Waals surface area contributed by atoms with Crippen molar-refractivity contribution in [3.8, 4) is 0 Å². The van der Waals surface area contributed by atoms with E-state index in [1.165, 1.54) is 0 Å². The lowest BCUT2D eigenvalue weighted by Crippen LogP contribution is -2.26. The van der Waals surface area contributed by atoms with Gasteiger partial charge in [-0.15, -0.1) is 6.58 Å². The van der Waals surface area contributed by atoms with E-state index in [9.17, 15) is 0 Å². The Labute approximate surface area is 120 Å². The first-order chi connectivity index (χ1) is 8.15. The van der Waals surface area contributed by atoms with Crippen LogP contribution in [0.5, 0.6) is 0 Å². The third-order valence-corrected chi connectivity index (χ3v) is 5.56. The van der Waals surface area contributed by atoms with Gasteiger partial charge in [-0.25, -0.2) is 0 Å². The molecular formula is C13H20Br2O2. The van der Waals surface area contributed by atoms with E-state index in [0.717, 1.165) is 25.7 Å². The lowest BCUT2D eigenvalue weighted by molar-refractivity contribution is -0.0640. The van der Waals surface area contributed by atoms with E-state index in [1.54, 1.807) is 0 Å². The Morgan fingerprint density at radius 2 is 1.65 bits per heavy atom. The summed E-state index contributed by atoms with van der Waals surface area (Å²) in [5, 5.41) is 0. The second kappa shape index (κ2) is 6.18. The lowest BCUT2D eigenvalue weighted by atomic mass is 10.1. The Kier molecular flexibility index (Phi) is 5.10. The number of hydrogen-bond acceptors (Lipinski definition) is 2. The van der Waals surface area contributed by atoms with Crippen LogP contribution in [-0.4, -0.2) is 34.1 Å². The highest BCUT2D eigenvalue weighted by Crippen LogP contribution is 2.38. The number of ether oxygens (including phenoxy) is 2. The molecule has 6 atom stereocenters. The van der Waals surface area contributed by atoms with Crippen molar-refractivity contribution in [2.24, 2.45) is 0 Å². The SMILES string of the molecule is C=CC[C@@H]1O[C@H]([C@H]2C[C@H](Br)[C@@H](CC)O2)C[C@H]1Br. The molecule has 2 fully saturated rings. The number of alkyl halides is 2. The van der Waals surface area contributed by atoms with Crippen LogP contribution >= 0.6 is 31.9 Å². The molecule has 2 saturated heterocycles. The monoisotopic (exact) mass is 366 g/mol. The molecule has 0 amide bonds. The minimum Gasteiger partial charge on any atom is -0.371 e. The molecule has 0 aromatic rings. The third kappa shape index (κ3) is 3.14. The smallest absolute Gasteiger partial charge is 0.0853 e. The van der Waals surface area contributed by atoms with E-state index in [2.05, 4.69) is 45.4 Å². The Hall–Kier alpha value is 0.620. The molecule has 4 heteroatoms. The fourth-order valence-corrected chi connectivity index (χ4v) is 4.25. The Balaban J connectivity index is 1.90. The molecule has 2 nitrogen and oxygen atoms in total. The summed E-state index contributed by atoms with van der Waals surface area (Å²) in [5.74, 6) is 0. The Morgan fingerprint density at radius 3 is 2.12 bits per heavy atom. The largest absolute Gasteiger partial charge is 0.371 e. The lowest BCUT2D eigenvalue weighted by Gasteiger charge is -2.19. The number of hydrogen-bond donors (Lipinski definition) is 0. The van der Waals surface area contributed by atoms with Crippen molar-refractivity contribution in [1.82, 2.24) is 0 Å². The summed E-state index contributed by atoms with van der Waals surface area (Å²) in [6.07, 6.45) is 7.09. The number of halogens is 2. The van der Waals surface area contributed by atoms with Gasteiger partial charge in [0.1, 0.15) is 0 Å². The Bertz CT molecular complexity index is 272. The van der Waals surface area contributed by atoms with E-state index in [1.807, 2.05) is 6.08 Å². The molecule has 0 bridgehead atoms. The van der Waals surface area contributed by atoms with Crippen LogP contribution in [0, 0.1) is 0 Å². The van der Waals surface area contributed by atoms with Crippen molar-refractivity contribution in [1.29, 1.82) is 0 Å². The van der Waals surface area contributed by atoms with Gasteiger partial charge < -0.3 is 9.47 Å². The maximum atomic E-state index is 6.08. The molecule has 0 aliphatic carbocycles. The first-order valence-electron chi connectivity index (χ1n) is 6.35. The highest BCUT2D eigenvalue weighted by molar-refractivity contribution is 9.09. The zero-order valence-electron chi connectivity index (χ0n) is 10.1. The molecule has 2 aliphatic rings. The van der Waals surface area contributed by atoms with Crippen LogP contribution in [0.4, 0.5) is 0 Å². The summed E-state index contributed by atoms with van der Waals surface area (Å²) in [6, 6.07) is 0. The van der Waals surface area contributed by atoms with Crippen LogP contribution in [0.15, 0.2) is 12.7 Å². The number of rotatable bonds is 4. The van der Waals surface area contributed by atoms with Gasteiger partial charge in [0.2, 0.25) is 0 Å². The quantitative estimate of drug-likeness (QED) is 0.555. The van der Waals surface area contributed by atoms with Gasteiger partial charge in [-0.05, 0) is 25.7 Å². The van der Waals surface area contributed by atoms with Crippen molar-refractivity contribution >= 4 is 31.9 Å². The van der Waals surface area contributed by atoms with Gasteiger partial charge in [-0.3, -0.25) is 0 Å². The van der Waals surface area contributed by atoms with Crippen LogP contribution in [-0.2, 0) is 9.47 Å². The van der Waals surface area contributed by atoms with Crippen LogP contribution in [0.25, 0.3) is 0 Å². The van der Waals surface area contributed by atoms with Crippen LogP contribution < -0.4 is 0 Å². The molecule has 98 valence electrons. The maximum absolute atomic E-state index is 6.08. The van der Waals surface area contributed by atoms with Gasteiger partial charge in [0, 0.05) is 9.65 Å². The van der Waals surface area contributed by atoms with Crippen molar-refractivity contribution in [3.63, 3.8) is 0 Å².